The number of fused-ring (bicyclic) bond motifs is 2. The van der Waals surface area contributed by atoms with Crippen LogP contribution in [-0.2, 0) is 28.6 Å². The van der Waals surface area contributed by atoms with Crippen LogP contribution in [0.1, 0.15) is 40.5 Å². The third kappa shape index (κ3) is 10.3. The molecule has 5 N–H and O–H groups in total. The molecule has 0 aromatic carbocycles. The van der Waals surface area contributed by atoms with Gasteiger partial charge in [-0.05, 0) is 52.3 Å². The zero-order valence-electron chi connectivity index (χ0n) is 27.0. The molecule has 244 valence electrons. The van der Waals surface area contributed by atoms with Crippen LogP contribution in [0, 0.1) is 11.8 Å². The van der Waals surface area contributed by atoms with Crippen molar-refractivity contribution in [1.29, 1.82) is 0 Å². The molecule has 6 atom stereocenters. The standard InChI is InChI=1S/C32H48N4O8/c1-18-14-22-27(34-12-13-36(5)6)24(37)17-23(29(22)39)35-31(40)19(2)10-9-11-25(42-7)30(44-32(33)41)21(4)16-20(3)28(38)26(15-18)43-8/h9-11,16-18,20,25-26,28,30,34,38H,12-15H2,1-8H3,(H2,33,41)(H,35,40)/b11-9-,19-10+,21-16+/t18-,20-,25+,26-,28+,30-/m0/s1. The number of nitrogens with zero attached hydrogens (tertiary/aromatic N) is 1. The smallest absolute Gasteiger partial charge is 0.405 e. The van der Waals surface area contributed by atoms with Crippen molar-refractivity contribution in [3.05, 3.63) is 58.5 Å². The molecule has 12 heteroatoms. The summed E-state index contributed by atoms with van der Waals surface area (Å²) in [6.45, 7) is 8.09. The fourth-order valence-electron chi connectivity index (χ4n) is 5.18. The molecule has 0 aromatic rings. The zero-order valence-corrected chi connectivity index (χ0v) is 27.0. The summed E-state index contributed by atoms with van der Waals surface area (Å²) in [5, 5.41) is 17.0. The van der Waals surface area contributed by atoms with E-state index in [0.29, 0.717) is 25.1 Å². The summed E-state index contributed by atoms with van der Waals surface area (Å²) in [6.07, 6.45) is 3.88. The second-order valence-corrected chi connectivity index (χ2v) is 11.7. The minimum atomic E-state index is -0.997. The third-order valence-electron chi connectivity index (χ3n) is 7.65. The van der Waals surface area contributed by atoms with Gasteiger partial charge in [-0.1, -0.05) is 38.2 Å². The number of nitrogens with two attached hydrogens (primary N) is 1. The number of primary amides is 1. The molecule has 2 aliphatic rings. The largest absolute Gasteiger partial charge is 0.439 e. The predicted molar refractivity (Wildman–Crippen MR) is 166 cm³/mol. The molecule has 12 nitrogen and oxygen atoms in total. The van der Waals surface area contributed by atoms with Gasteiger partial charge in [0.25, 0.3) is 5.91 Å². The van der Waals surface area contributed by atoms with Gasteiger partial charge in [0.05, 0.1) is 23.6 Å². The SMILES string of the molecule is CO[C@H]1C[C@@H](C)CC2=C(NCCN(C)C)C(=O)C=C(NC(=O)/C(C)=C/C=C\[C@@H](OC)[C@@H](OC(N)=O)/C(C)=C/[C@H](C)[C@H]1O)C2=O. The van der Waals surface area contributed by atoms with Gasteiger partial charge in [-0.15, -0.1) is 0 Å². The number of Topliss-reactive ketones (excluding diaryl/α,β-unsaturated/α-hetero) is 1. The number of ketones is 2. The lowest BCUT2D eigenvalue weighted by molar-refractivity contribution is -0.120. The number of carbonyl (C=O) groups is 4. The van der Waals surface area contributed by atoms with Crippen LogP contribution in [0.4, 0.5) is 4.79 Å². The van der Waals surface area contributed by atoms with Crippen molar-refractivity contribution < 1.29 is 38.5 Å². The Labute approximate surface area is 260 Å². The second kappa shape index (κ2) is 17.0. The van der Waals surface area contributed by atoms with Crippen LogP contribution in [0.3, 0.4) is 0 Å². The Morgan fingerprint density at radius 1 is 1.16 bits per heavy atom. The number of hydrogen-bond acceptors (Lipinski definition) is 10. The number of rotatable bonds is 7. The zero-order chi connectivity index (χ0) is 33.1. The predicted octanol–water partition coefficient (Wildman–Crippen LogP) is 1.91. The van der Waals surface area contributed by atoms with Crippen LogP contribution in [0.5, 0.6) is 0 Å². The van der Waals surface area contributed by atoms with Gasteiger partial charge < -0.3 is 40.6 Å². The average Bonchev–Trinajstić information content (AvgIpc) is 2.95. The maximum Gasteiger partial charge on any atom is 0.405 e. The van der Waals surface area contributed by atoms with Gasteiger partial charge in [0.1, 0.15) is 6.10 Å². The van der Waals surface area contributed by atoms with Crippen molar-refractivity contribution in [2.75, 3.05) is 41.4 Å². The van der Waals surface area contributed by atoms with E-state index in [1.54, 1.807) is 32.1 Å². The Morgan fingerprint density at radius 2 is 1.84 bits per heavy atom. The summed E-state index contributed by atoms with van der Waals surface area (Å²) in [5.74, 6) is -2.06. The van der Waals surface area contributed by atoms with Crippen molar-refractivity contribution in [3.63, 3.8) is 0 Å². The van der Waals surface area contributed by atoms with Gasteiger partial charge in [-0.25, -0.2) is 4.79 Å². The van der Waals surface area contributed by atoms with Crippen molar-refractivity contribution in [2.24, 2.45) is 17.6 Å². The Bertz CT molecular complexity index is 1230. The van der Waals surface area contributed by atoms with Crippen LogP contribution in [0.25, 0.3) is 0 Å². The summed E-state index contributed by atoms with van der Waals surface area (Å²) >= 11 is 0. The number of nitrogens with one attached hydrogen (secondary N) is 2. The summed E-state index contributed by atoms with van der Waals surface area (Å²) < 4.78 is 16.6. The second-order valence-electron chi connectivity index (χ2n) is 11.7. The molecule has 1 aliphatic heterocycles. The molecular formula is C32H48N4O8. The Kier molecular flexibility index (Phi) is 14.2. The van der Waals surface area contributed by atoms with Gasteiger partial charge in [-0.3, -0.25) is 14.4 Å². The highest BCUT2D eigenvalue weighted by atomic mass is 16.6. The maximum absolute atomic E-state index is 13.7. The molecule has 2 amide bonds. The first-order valence-electron chi connectivity index (χ1n) is 14.7. The van der Waals surface area contributed by atoms with Crippen LogP contribution in [0.15, 0.2) is 58.5 Å². The highest BCUT2D eigenvalue weighted by molar-refractivity contribution is 6.23. The normalized spacial score (nSPS) is 31.0. The van der Waals surface area contributed by atoms with Crippen molar-refractivity contribution >= 4 is 23.6 Å². The Hall–Kier alpha value is -3.58. The third-order valence-corrected chi connectivity index (χ3v) is 7.65. The number of methoxy groups -OCH3 is 2. The summed E-state index contributed by atoms with van der Waals surface area (Å²) in [5.41, 5.74) is 6.55. The number of amides is 2. The van der Waals surface area contributed by atoms with Crippen LogP contribution in [0.2, 0.25) is 0 Å². The van der Waals surface area contributed by atoms with Gasteiger partial charge in [0.15, 0.2) is 6.10 Å². The average molecular weight is 617 g/mol. The van der Waals surface area contributed by atoms with E-state index in [-0.39, 0.29) is 34.9 Å². The van der Waals surface area contributed by atoms with Crippen LogP contribution >= 0.6 is 0 Å². The van der Waals surface area contributed by atoms with Crippen molar-refractivity contribution in [3.8, 4) is 0 Å². The quantitative estimate of drug-likeness (QED) is 0.245. The van der Waals surface area contributed by atoms with Gasteiger partial charge in [0.2, 0.25) is 11.6 Å². The fraction of sp³-hybridized carbons (Fsp3) is 0.562. The van der Waals surface area contributed by atoms with E-state index < -0.39 is 53.9 Å². The lowest BCUT2D eigenvalue weighted by Gasteiger charge is -2.30. The number of hydrogen-bond donors (Lipinski definition) is 4. The van der Waals surface area contributed by atoms with Gasteiger partial charge in [0, 0.05) is 50.4 Å². The first kappa shape index (κ1) is 36.6. The topological polar surface area (TPSA) is 170 Å². The first-order valence-corrected chi connectivity index (χ1v) is 14.7. The number of likely N-dealkylation sites (N-methyl/N-ethyl adjacent to an activating group) is 1. The minimum Gasteiger partial charge on any atom is -0.439 e. The van der Waals surface area contributed by atoms with E-state index in [1.165, 1.54) is 20.3 Å². The van der Waals surface area contributed by atoms with Crippen molar-refractivity contribution in [2.45, 2.75) is 65.0 Å². The lowest BCUT2D eigenvalue weighted by atomic mass is 9.85. The summed E-state index contributed by atoms with van der Waals surface area (Å²) in [6, 6.07) is 0. The lowest BCUT2D eigenvalue weighted by Crippen LogP contribution is -2.38. The molecule has 1 heterocycles. The number of aliphatic hydroxyl groups is 1. The molecule has 44 heavy (non-hydrogen) atoms. The number of allylic oxidation sites excluding steroid dienone is 4. The molecule has 0 aromatic heterocycles. The van der Waals surface area contributed by atoms with Crippen LogP contribution < -0.4 is 16.4 Å². The Balaban J connectivity index is 2.60. The van der Waals surface area contributed by atoms with E-state index >= 15 is 0 Å². The molecular weight excluding hydrogens is 568 g/mol. The molecule has 0 saturated heterocycles. The Morgan fingerprint density at radius 3 is 2.43 bits per heavy atom. The van der Waals surface area contributed by atoms with E-state index in [0.717, 1.165) is 6.08 Å². The van der Waals surface area contributed by atoms with E-state index in [4.69, 9.17) is 19.9 Å². The van der Waals surface area contributed by atoms with Gasteiger partial charge >= 0.3 is 6.09 Å². The molecule has 0 fully saturated rings. The highest BCUT2D eigenvalue weighted by Gasteiger charge is 2.33. The molecule has 1 aliphatic carbocycles. The molecule has 0 spiro atoms. The van der Waals surface area contributed by atoms with Gasteiger partial charge in [-0.2, -0.15) is 0 Å². The number of aliphatic hydroxyl groups excluding tert-OH is 1. The van der Waals surface area contributed by atoms with E-state index in [1.807, 2.05) is 32.8 Å². The van der Waals surface area contributed by atoms with E-state index in [2.05, 4.69) is 10.6 Å². The fourth-order valence-corrected chi connectivity index (χ4v) is 5.18. The number of ether oxygens (including phenoxy) is 3. The number of carbonyl (C=O) groups excluding carboxylic acids is 4. The molecule has 0 unspecified atom stereocenters. The van der Waals surface area contributed by atoms with E-state index in [9.17, 15) is 24.3 Å². The summed E-state index contributed by atoms with van der Waals surface area (Å²) in [7, 11) is 6.74. The van der Waals surface area contributed by atoms with Crippen LogP contribution in [-0.4, -0.2) is 99.4 Å². The molecule has 2 bridgehead atoms. The first-order chi connectivity index (χ1) is 20.7. The monoisotopic (exact) mass is 616 g/mol. The molecule has 0 radical (unpaired) electrons. The highest BCUT2D eigenvalue weighted by Crippen LogP contribution is 2.28. The molecule has 0 saturated carbocycles. The van der Waals surface area contributed by atoms with Crippen molar-refractivity contribution in [1.82, 2.24) is 15.5 Å². The molecule has 2 rings (SSSR count). The maximum atomic E-state index is 13.7. The summed E-state index contributed by atoms with van der Waals surface area (Å²) in [4.78, 5) is 53.7. The minimum absolute atomic E-state index is 0.114.